The van der Waals surface area contributed by atoms with Crippen molar-refractivity contribution in [1.29, 1.82) is 0 Å². The summed E-state index contributed by atoms with van der Waals surface area (Å²) in [7, 11) is 0. The van der Waals surface area contributed by atoms with Crippen molar-refractivity contribution in [1.82, 2.24) is 15.0 Å². The molecule has 3 N–H and O–H groups in total. The molecule has 0 saturated carbocycles. The highest BCUT2D eigenvalue weighted by Gasteiger charge is 2.15. The molecule has 2 aromatic heterocycles. The summed E-state index contributed by atoms with van der Waals surface area (Å²) in [5.74, 6) is -0.328. The molecule has 1 aromatic carbocycles. The smallest absolute Gasteiger partial charge is 0.278 e. The Labute approximate surface area is 139 Å². The molecule has 0 aliphatic rings. The van der Waals surface area contributed by atoms with Crippen molar-refractivity contribution in [2.75, 3.05) is 11.1 Å². The first-order valence-electron chi connectivity index (χ1n) is 7.60. The molecule has 2 heterocycles. The van der Waals surface area contributed by atoms with Gasteiger partial charge in [-0.2, -0.15) is 0 Å². The van der Waals surface area contributed by atoms with E-state index in [-0.39, 0.29) is 11.5 Å². The third kappa shape index (κ3) is 3.38. The first-order chi connectivity index (χ1) is 11.7. The first-order valence-corrected chi connectivity index (χ1v) is 7.60. The summed E-state index contributed by atoms with van der Waals surface area (Å²) in [4.78, 5) is 24.8. The van der Waals surface area contributed by atoms with Gasteiger partial charge in [0.05, 0.1) is 23.8 Å². The molecule has 24 heavy (non-hydrogen) atoms. The number of aromatic nitrogens is 3. The van der Waals surface area contributed by atoms with Crippen molar-refractivity contribution in [2.24, 2.45) is 0 Å². The van der Waals surface area contributed by atoms with Crippen molar-refractivity contribution >= 4 is 17.4 Å². The Morgan fingerprint density at radius 3 is 2.62 bits per heavy atom. The molecular formula is C18H17N5O. The Morgan fingerprint density at radius 2 is 1.96 bits per heavy atom. The Balaban J connectivity index is 1.89. The second-order valence-corrected chi connectivity index (χ2v) is 5.24. The van der Waals surface area contributed by atoms with E-state index in [9.17, 15) is 4.79 Å². The maximum atomic E-state index is 12.4. The Morgan fingerprint density at radius 1 is 1.17 bits per heavy atom. The van der Waals surface area contributed by atoms with E-state index in [1.165, 1.54) is 5.56 Å². The van der Waals surface area contributed by atoms with Crippen molar-refractivity contribution in [3.8, 4) is 11.3 Å². The van der Waals surface area contributed by atoms with Crippen molar-refractivity contribution < 1.29 is 4.79 Å². The third-order valence-corrected chi connectivity index (χ3v) is 3.59. The zero-order chi connectivity index (χ0) is 16.9. The van der Waals surface area contributed by atoms with E-state index >= 15 is 0 Å². The van der Waals surface area contributed by atoms with Crippen molar-refractivity contribution in [3.05, 3.63) is 66.2 Å². The van der Waals surface area contributed by atoms with Crippen LogP contribution in [-0.4, -0.2) is 20.9 Å². The lowest BCUT2D eigenvalue weighted by molar-refractivity contribution is 0.102. The number of anilines is 2. The number of aryl methyl sites for hydroxylation is 1. The molecule has 3 aromatic rings. The number of carbonyl (C=O) groups is 1. The molecule has 6 nitrogen and oxygen atoms in total. The quantitative estimate of drug-likeness (QED) is 0.771. The minimum atomic E-state index is -0.417. The van der Waals surface area contributed by atoms with Crippen LogP contribution in [0.15, 0.2) is 55.0 Å². The molecule has 0 aliphatic heterocycles. The van der Waals surface area contributed by atoms with Gasteiger partial charge < -0.3 is 11.1 Å². The van der Waals surface area contributed by atoms with Crippen molar-refractivity contribution in [3.63, 3.8) is 0 Å². The van der Waals surface area contributed by atoms with Gasteiger partial charge in [-0.05, 0) is 24.1 Å². The normalized spacial score (nSPS) is 10.4. The van der Waals surface area contributed by atoms with Gasteiger partial charge in [0.25, 0.3) is 5.91 Å². The van der Waals surface area contributed by atoms with Crippen molar-refractivity contribution in [2.45, 2.75) is 13.3 Å². The Hall–Kier alpha value is -3.28. The molecule has 120 valence electrons. The summed E-state index contributed by atoms with van der Waals surface area (Å²) in [5.41, 5.74) is 9.20. The predicted octanol–water partition coefficient (Wildman–Crippen LogP) is 2.94. The van der Waals surface area contributed by atoms with E-state index in [4.69, 9.17) is 5.73 Å². The third-order valence-electron chi connectivity index (χ3n) is 3.59. The second-order valence-electron chi connectivity index (χ2n) is 5.24. The average Bonchev–Trinajstić information content (AvgIpc) is 2.63. The molecule has 1 amide bonds. The number of hydrogen-bond donors (Lipinski definition) is 2. The predicted molar refractivity (Wildman–Crippen MR) is 93.4 cm³/mol. The molecule has 3 rings (SSSR count). The van der Waals surface area contributed by atoms with E-state index in [2.05, 4.69) is 27.2 Å². The van der Waals surface area contributed by atoms with E-state index in [0.717, 1.165) is 12.0 Å². The standard InChI is InChI=1S/C18H17N5O/c1-2-12-5-7-13(8-6-12)15-11-21-17(19)16(23-15)18(24)22-14-4-3-9-20-10-14/h3-11H,2H2,1H3,(H2,19,21)(H,22,24). The average molecular weight is 319 g/mol. The SMILES string of the molecule is CCc1ccc(-c2cnc(N)c(C(=O)Nc3cccnc3)n2)cc1. The monoisotopic (exact) mass is 319 g/mol. The lowest BCUT2D eigenvalue weighted by Gasteiger charge is -2.08. The van der Waals surface area contributed by atoms with Gasteiger partial charge in [-0.1, -0.05) is 31.2 Å². The van der Waals surface area contributed by atoms with Crippen LogP contribution in [0.3, 0.4) is 0 Å². The molecule has 0 fully saturated rings. The van der Waals surface area contributed by atoms with Crippen LogP contribution in [0.1, 0.15) is 23.0 Å². The summed E-state index contributed by atoms with van der Waals surface area (Å²) in [6.07, 6.45) is 5.71. The second kappa shape index (κ2) is 6.87. The number of nitrogen functional groups attached to an aromatic ring is 1. The topological polar surface area (TPSA) is 93.8 Å². The highest BCUT2D eigenvalue weighted by atomic mass is 16.1. The summed E-state index contributed by atoms with van der Waals surface area (Å²) < 4.78 is 0. The lowest BCUT2D eigenvalue weighted by atomic mass is 10.1. The molecule has 0 radical (unpaired) electrons. The fourth-order valence-electron chi connectivity index (χ4n) is 2.24. The number of nitrogens with one attached hydrogen (secondary N) is 1. The van der Waals surface area contributed by atoms with Crippen LogP contribution in [0.25, 0.3) is 11.3 Å². The molecule has 0 spiro atoms. The van der Waals surface area contributed by atoms with Crippen LogP contribution >= 0.6 is 0 Å². The van der Waals surface area contributed by atoms with E-state index in [1.807, 2.05) is 24.3 Å². The zero-order valence-electron chi connectivity index (χ0n) is 13.2. The van der Waals surface area contributed by atoms with Crippen LogP contribution in [-0.2, 0) is 6.42 Å². The highest BCUT2D eigenvalue weighted by Crippen LogP contribution is 2.20. The number of nitrogens with two attached hydrogens (primary N) is 1. The summed E-state index contributed by atoms with van der Waals surface area (Å²) in [6, 6.07) is 11.5. The molecule has 0 unspecified atom stereocenters. The maximum Gasteiger partial charge on any atom is 0.278 e. The van der Waals surface area contributed by atoms with E-state index in [1.54, 1.807) is 30.7 Å². The van der Waals surface area contributed by atoms with Gasteiger partial charge in [0.2, 0.25) is 0 Å². The Bertz CT molecular complexity index is 847. The van der Waals surface area contributed by atoms with Gasteiger partial charge in [-0.15, -0.1) is 0 Å². The number of rotatable bonds is 4. The lowest BCUT2D eigenvalue weighted by Crippen LogP contribution is -2.17. The van der Waals surface area contributed by atoms with Gasteiger partial charge in [0.15, 0.2) is 11.5 Å². The molecule has 0 atom stereocenters. The van der Waals surface area contributed by atoms with Gasteiger partial charge in [-0.3, -0.25) is 9.78 Å². The zero-order valence-corrected chi connectivity index (χ0v) is 13.2. The minimum Gasteiger partial charge on any atom is -0.382 e. The summed E-state index contributed by atoms with van der Waals surface area (Å²) in [5, 5.41) is 2.71. The molecule has 0 aliphatic carbocycles. The van der Waals surface area contributed by atoms with E-state index in [0.29, 0.717) is 11.4 Å². The summed E-state index contributed by atoms with van der Waals surface area (Å²) >= 11 is 0. The Kier molecular flexibility index (Phi) is 4.47. The number of amides is 1. The summed E-state index contributed by atoms with van der Waals surface area (Å²) in [6.45, 7) is 2.10. The van der Waals surface area contributed by atoms with Crippen LogP contribution in [0.5, 0.6) is 0 Å². The number of hydrogen-bond acceptors (Lipinski definition) is 5. The fraction of sp³-hybridized carbons (Fsp3) is 0.111. The van der Waals surface area contributed by atoms with Crippen LogP contribution in [0.2, 0.25) is 0 Å². The number of pyridine rings is 1. The number of carbonyl (C=O) groups excluding carboxylic acids is 1. The van der Waals surface area contributed by atoms with Gasteiger partial charge in [0.1, 0.15) is 0 Å². The maximum absolute atomic E-state index is 12.4. The van der Waals surface area contributed by atoms with Crippen LogP contribution in [0.4, 0.5) is 11.5 Å². The molecule has 6 heteroatoms. The first kappa shape index (κ1) is 15.6. The molecular weight excluding hydrogens is 302 g/mol. The molecule has 0 bridgehead atoms. The molecule has 0 saturated heterocycles. The van der Waals surface area contributed by atoms with Crippen LogP contribution < -0.4 is 11.1 Å². The number of nitrogens with zero attached hydrogens (tertiary/aromatic N) is 3. The largest absolute Gasteiger partial charge is 0.382 e. The van der Waals surface area contributed by atoms with Gasteiger partial charge in [-0.25, -0.2) is 9.97 Å². The van der Waals surface area contributed by atoms with Gasteiger partial charge >= 0.3 is 0 Å². The number of benzene rings is 1. The van der Waals surface area contributed by atoms with Gasteiger partial charge in [0, 0.05) is 11.8 Å². The fourth-order valence-corrected chi connectivity index (χ4v) is 2.24. The van der Waals surface area contributed by atoms with E-state index < -0.39 is 5.91 Å². The van der Waals surface area contributed by atoms with Crippen LogP contribution in [0, 0.1) is 0 Å². The minimum absolute atomic E-state index is 0.0883. The highest BCUT2D eigenvalue weighted by molar-refractivity contribution is 6.05.